The number of rotatable bonds is 6. The van der Waals surface area contributed by atoms with E-state index in [0.29, 0.717) is 38.3 Å². The molecule has 0 unspecified atom stereocenters. The molecule has 184 valence electrons. The number of aromatic nitrogens is 1. The summed E-state index contributed by atoms with van der Waals surface area (Å²) in [5, 5.41) is 3.07. The highest BCUT2D eigenvalue weighted by atomic mass is 35.5. The summed E-state index contributed by atoms with van der Waals surface area (Å²) in [5.74, 6) is 0.206. The van der Waals surface area contributed by atoms with Gasteiger partial charge in [0.25, 0.3) is 0 Å². The van der Waals surface area contributed by atoms with E-state index in [0.717, 1.165) is 37.5 Å². The zero-order valence-electron chi connectivity index (χ0n) is 19.1. The number of carbonyl (C=O) groups excluding carboxylic acids is 1. The van der Waals surface area contributed by atoms with E-state index in [1.807, 2.05) is 17.0 Å². The molecule has 4 rings (SSSR count). The molecule has 9 heteroatoms. The largest absolute Gasteiger partial charge is 0.417 e. The fraction of sp³-hybridized carbons (Fsp3) is 0.520. The molecule has 2 fully saturated rings. The fourth-order valence-electron chi connectivity index (χ4n) is 4.74. The number of nitrogens with one attached hydrogen (secondary N) is 1. The minimum Gasteiger partial charge on any atom is -0.355 e. The van der Waals surface area contributed by atoms with Gasteiger partial charge in [-0.1, -0.05) is 42.3 Å². The molecular weight excluding hydrogens is 465 g/mol. The summed E-state index contributed by atoms with van der Waals surface area (Å²) in [5.41, 5.74) is 1.53. The molecule has 5 nitrogen and oxygen atoms in total. The van der Waals surface area contributed by atoms with Gasteiger partial charge in [-0.2, -0.15) is 13.2 Å². The molecule has 0 aliphatic carbocycles. The Labute approximate surface area is 203 Å². The van der Waals surface area contributed by atoms with Gasteiger partial charge in [0.05, 0.1) is 10.6 Å². The summed E-state index contributed by atoms with van der Waals surface area (Å²) in [6, 6.07) is 9.15. The molecule has 1 amide bonds. The number of halogens is 4. The molecule has 0 bridgehead atoms. The second-order valence-corrected chi connectivity index (χ2v) is 9.52. The van der Waals surface area contributed by atoms with Crippen molar-refractivity contribution < 1.29 is 18.0 Å². The highest BCUT2D eigenvalue weighted by Crippen LogP contribution is 2.34. The number of piperidine rings is 2. The molecule has 34 heavy (non-hydrogen) atoms. The van der Waals surface area contributed by atoms with Crippen LogP contribution in [-0.2, 0) is 24.1 Å². The van der Waals surface area contributed by atoms with E-state index in [2.05, 4.69) is 27.3 Å². The van der Waals surface area contributed by atoms with Gasteiger partial charge in [0.1, 0.15) is 5.82 Å². The molecular formula is C25H30ClF3N4O. The third kappa shape index (κ3) is 6.21. The highest BCUT2D eigenvalue weighted by Gasteiger charge is 2.33. The smallest absolute Gasteiger partial charge is 0.355 e. The molecule has 2 aliphatic heterocycles. The number of pyridine rings is 1. The summed E-state index contributed by atoms with van der Waals surface area (Å²) >= 11 is 6.08. The number of hydrogen-bond acceptors (Lipinski definition) is 4. The first-order valence-electron chi connectivity index (χ1n) is 11.9. The number of anilines is 1. The third-order valence-electron chi connectivity index (χ3n) is 6.73. The van der Waals surface area contributed by atoms with Crippen molar-refractivity contribution in [3.05, 3.63) is 58.2 Å². The Bertz CT molecular complexity index is 986. The monoisotopic (exact) mass is 494 g/mol. The molecule has 3 heterocycles. The van der Waals surface area contributed by atoms with Gasteiger partial charge in [0, 0.05) is 38.3 Å². The van der Waals surface area contributed by atoms with Crippen LogP contribution in [0.1, 0.15) is 48.8 Å². The number of likely N-dealkylation sites (tertiary alicyclic amines) is 1. The first kappa shape index (κ1) is 24.8. The Balaban J connectivity index is 1.29. The Morgan fingerprint density at radius 2 is 1.74 bits per heavy atom. The van der Waals surface area contributed by atoms with Crippen molar-refractivity contribution in [1.82, 2.24) is 15.2 Å². The SMILES string of the molecule is O=C(NCc1ccccc1CN1CCCCC1)C1CCN(c2ncc(C(F)(F)F)cc2Cl)CC1. The molecule has 1 aromatic carbocycles. The number of nitrogens with zero attached hydrogens (tertiary/aromatic N) is 3. The number of amides is 1. The van der Waals surface area contributed by atoms with Crippen molar-refractivity contribution >= 4 is 23.3 Å². The van der Waals surface area contributed by atoms with Gasteiger partial charge < -0.3 is 10.2 Å². The predicted octanol–water partition coefficient (Wildman–Crippen LogP) is 5.27. The van der Waals surface area contributed by atoms with E-state index in [-0.39, 0.29) is 16.8 Å². The van der Waals surface area contributed by atoms with Crippen LogP contribution >= 0.6 is 11.6 Å². The number of alkyl halides is 3. The van der Waals surface area contributed by atoms with Gasteiger partial charge in [-0.15, -0.1) is 0 Å². The average molecular weight is 495 g/mol. The Hall–Kier alpha value is -2.32. The minimum absolute atomic E-state index is 0.0129. The van der Waals surface area contributed by atoms with Gasteiger partial charge >= 0.3 is 6.18 Å². The first-order valence-corrected chi connectivity index (χ1v) is 12.2. The molecule has 2 aromatic rings. The number of hydrogen-bond donors (Lipinski definition) is 1. The van der Waals surface area contributed by atoms with Crippen molar-refractivity contribution in [2.75, 3.05) is 31.1 Å². The van der Waals surface area contributed by atoms with Crippen LogP contribution in [0.5, 0.6) is 0 Å². The maximum atomic E-state index is 12.9. The molecule has 1 N–H and O–H groups in total. The summed E-state index contributed by atoms with van der Waals surface area (Å²) in [7, 11) is 0. The zero-order chi connectivity index (χ0) is 24.1. The van der Waals surface area contributed by atoms with E-state index in [1.165, 1.54) is 24.8 Å². The number of carbonyl (C=O) groups is 1. The van der Waals surface area contributed by atoms with E-state index in [4.69, 9.17) is 11.6 Å². The molecule has 0 saturated carbocycles. The van der Waals surface area contributed by atoms with Crippen LogP contribution < -0.4 is 10.2 Å². The normalized spacial score (nSPS) is 18.2. The summed E-state index contributed by atoms with van der Waals surface area (Å²) in [6.07, 6.45) is 1.30. The van der Waals surface area contributed by atoms with Crippen LogP contribution in [0.2, 0.25) is 5.02 Å². The van der Waals surface area contributed by atoms with Crippen molar-refractivity contribution in [2.45, 2.75) is 51.4 Å². The van der Waals surface area contributed by atoms with Gasteiger partial charge in [-0.25, -0.2) is 4.98 Å². The second-order valence-electron chi connectivity index (χ2n) is 9.11. The van der Waals surface area contributed by atoms with Crippen LogP contribution in [0, 0.1) is 5.92 Å². The van der Waals surface area contributed by atoms with Crippen LogP contribution in [0.3, 0.4) is 0 Å². The lowest BCUT2D eigenvalue weighted by molar-refractivity contribution is -0.137. The van der Waals surface area contributed by atoms with Gasteiger partial charge in [-0.3, -0.25) is 9.69 Å². The highest BCUT2D eigenvalue weighted by molar-refractivity contribution is 6.33. The summed E-state index contributed by atoms with van der Waals surface area (Å²) < 4.78 is 38.6. The molecule has 0 radical (unpaired) electrons. The van der Waals surface area contributed by atoms with E-state index >= 15 is 0 Å². The fourth-order valence-corrected chi connectivity index (χ4v) is 5.03. The third-order valence-corrected chi connectivity index (χ3v) is 7.01. The standard InChI is InChI=1S/C25H30ClF3N4O/c26-22-14-21(25(27,28)29)16-30-23(22)33-12-8-18(9-13-33)24(34)31-15-19-6-2-3-7-20(19)17-32-10-4-1-5-11-32/h2-3,6-7,14,16,18H,1,4-5,8-13,15,17H2,(H,31,34). The Morgan fingerprint density at radius 3 is 2.38 bits per heavy atom. The van der Waals surface area contributed by atoms with Crippen LogP contribution in [0.4, 0.5) is 19.0 Å². The number of benzene rings is 1. The molecule has 0 atom stereocenters. The quantitative estimate of drug-likeness (QED) is 0.594. The van der Waals surface area contributed by atoms with Gasteiger partial charge in [0.15, 0.2) is 0 Å². The maximum absolute atomic E-state index is 12.9. The van der Waals surface area contributed by atoms with Crippen LogP contribution in [0.15, 0.2) is 36.5 Å². The van der Waals surface area contributed by atoms with E-state index in [9.17, 15) is 18.0 Å². The second kappa shape index (κ2) is 11.0. The van der Waals surface area contributed by atoms with Crippen LogP contribution in [0.25, 0.3) is 0 Å². The summed E-state index contributed by atoms with van der Waals surface area (Å²) in [6.45, 7) is 4.68. The van der Waals surface area contributed by atoms with Crippen LogP contribution in [-0.4, -0.2) is 42.0 Å². The lowest BCUT2D eigenvalue weighted by Gasteiger charge is -2.32. The van der Waals surface area contributed by atoms with Crippen molar-refractivity contribution in [2.24, 2.45) is 5.92 Å². The van der Waals surface area contributed by atoms with Crippen molar-refractivity contribution in [3.63, 3.8) is 0 Å². The zero-order valence-corrected chi connectivity index (χ0v) is 19.8. The first-order chi connectivity index (χ1) is 16.3. The maximum Gasteiger partial charge on any atom is 0.417 e. The van der Waals surface area contributed by atoms with Crippen molar-refractivity contribution in [3.8, 4) is 0 Å². The molecule has 2 saturated heterocycles. The molecule has 2 aliphatic rings. The van der Waals surface area contributed by atoms with E-state index < -0.39 is 11.7 Å². The molecule has 1 aromatic heterocycles. The predicted molar refractivity (Wildman–Crippen MR) is 127 cm³/mol. The summed E-state index contributed by atoms with van der Waals surface area (Å²) in [4.78, 5) is 21.1. The van der Waals surface area contributed by atoms with Gasteiger partial charge in [-0.05, 0) is 56.0 Å². The topological polar surface area (TPSA) is 48.5 Å². The Morgan fingerprint density at radius 1 is 1.06 bits per heavy atom. The van der Waals surface area contributed by atoms with E-state index in [1.54, 1.807) is 0 Å². The lowest BCUT2D eigenvalue weighted by atomic mass is 9.95. The van der Waals surface area contributed by atoms with Gasteiger partial charge in [0.2, 0.25) is 5.91 Å². The minimum atomic E-state index is -4.48. The Kier molecular flexibility index (Phi) is 7.99. The van der Waals surface area contributed by atoms with Crippen molar-refractivity contribution in [1.29, 1.82) is 0 Å². The lowest BCUT2D eigenvalue weighted by Crippen LogP contribution is -2.41. The molecule has 0 spiro atoms. The average Bonchev–Trinajstić information content (AvgIpc) is 2.83.